The van der Waals surface area contributed by atoms with Crippen molar-refractivity contribution >= 4 is 21.9 Å². The van der Waals surface area contributed by atoms with Crippen LogP contribution in [0.2, 0.25) is 0 Å². The zero-order valence-electron chi connectivity index (χ0n) is 14.7. The summed E-state index contributed by atoms with van der Waals surface area (Å²) in [7, 11) is 0. The molecule has 0 aliphatic carbocycles. The van der Waals surface area contributed by atoms with E-state index in [1.54, 1.807) is 0 Å². The van der Waals surface area contributed by atoms with Crippen molar-refractivity contribution in [1.29, 1.82) is 0 Å². The largest absolute Gasteiger partial charge is 0.476 e. The number of aromatic nitrogens is 1. The second-order valence-corrected chi connectivity index (χ2v) is 6.47. The number of hydrogen-bond donors (Lipinski definition) is 0. The minimum absolute atomic E-state index is 0.646. The number of pyridine rings is 1. The first-order chi connectivity index (χ1) is 12.3. The maximum absolute atomic E-state index is 5.87. The predicted molar refractivity (Wildman–Crippen MR) is 98.3 cm³/mol. The van der Waals surface area contributed by atoms with E-state index in [9.17, 15) is 0 Å². The van der Waals surface area contributed by atoms with E-state index < -0.39 is 0 Å². The summed E-state index contributed by atoms with van der Waals surface area (Å²) >= 11 is 0. The van der Waals surface area contributed by atoms with E-state index in [0.29, 0.717) is 12.5 Å². The van der Waals surface area contributed by atoms with Crippen molar-refractivity contribution in [3.05, 3.63) is 36.1 Å². The van der Waals surface area contributed by atoms with Crippen molar-refractivity contribution in [2.24, 2.45) is 0 Å². The molecular weight excluding hydrogens is 316 g/mol. The van der Waals surface area contributed by atoms with Crippen molar-refractivity contribution in [3.63, 3.8) is 0 Å². The lowest BCUT2D eigenvalue weighted by Crippen LogP contribution is -2.38. The van der Waals surface area contributed by atoms with Crippen LogP contribution in [0.5, 0.6) is 5.88 Å². The average Bonchev–Trinajstić information content (AvgIpc) is 3.06. The van der Waals surface area contributed by atoms with Gasteiger partial charge in [-0.15, -0.1) is 0 Å². The van der Waals surface area contributed by atoms with E-state index in [1.165, 1.54) is 10.9 Å². The molecule has 0 spiro atoms. The zero-order valence-corrected chi connectivity index (χ0v) is 14.7. The van der Waals surface area contributed by atoms with Gasteiger partial charge in [0, 0.05) is 36.5 Å². The highest BCUT2D eigenvalue weighted by molar-refractivity contribution is 6.06. The molecule has 3 heterocycles. The highest BCUT2D eigenvalue weighted by Gasteiger charge is 2.12. The molecule has 0 radical (unpaired) electrons. The van der Waals surface area contributed by atoms with Crippen molar-refractivity contribution < 1.29 is 13.9 Å². The van der Waals surface area contributed by atoms with Crippen LogP contribution in [-0.2, 0) is 11.2 Å². The smallest absolute Gasteiger partial charge is 0.213 e. The van der Waals surface area contributed by atoms with E-state index in [4.69, 9.17) is 13.9 Å². The summed E-state index contributed by atoms with van der Waals surface area (Å²) in [5, 5.41) is 2.32. The minimum Gasteiger partial charge on any atom is -0.476 e. The topological polar surface area (TPSA) is 47.7 Å². The van der Waals surface area contributed by atoms with Crippen LogP contribution in [0.25, 0.3) is 21.9 Å². The molecule has 25 heavy (non-hydrogen) atoms. The predicted octanol–water partition coefficient (Wildman–Crippen LogP) is 3.64. The van der Waals surface area contributed by atoms with E-state index >= 15 is 0 Å². The number of ether oxygens (including phenoxy) is 2. The van der Waals surface area contributed by atoms with Gasteiger partial charge in [-0.1, -0.05) is 13.3 Å². The SMILES string of the molecule is CCCc1coc2ccc3nc(OCCN4CCOCC4)ccc3c12. The van der Waals surface area contributed by atoms with Crippen LogP contribution in [0.4, 0.5) is 0 Å². The third kappa shape index (κ3) is 3.48. The molecule has 3 aromatic rings. The van der Waals surface area contributed by atoms with E-state index in [2.05, 4.69) is 22.9 Å². The van der Waals surface area contributed by atoms with Gasteiger partial charge < -0.3 is 13.9 Å². The Kier molecular flexibility index (Phi) is 4.85. The second-order valence-electron chi connectivity index (χ2n) is 6.47. The molecule has 1 aliphatic rings. The minimum atomic E-state index is 0.646. The van der Waals surface area contributed by atoms with Crippen LogP contribution in [0, 0.1) is 0 Å². The van der Waals surface area contributed by atoms with Crippen molar-refractivity contribution in [2.75, 3.05) is 39.5 Å². The lowest BCUT2D eigenvalue weighted by Gasteiger charge is -2.26. The third-order valence-electron chi connectivity index (χ3n) is 4.74. The second kappa shape index (κ2) is 7.42. The van der Waals surface area contributed by atoms with Gasteiger partial charge in [-0.2, -0.15) is 0 Å². The average molecular weight is 340 g/mol. The summed E-state index contributed by atoms with van der Waals surface area (Å²) < 4.78 is 16.9. The molecule has 5 heteroatoms. The van der Waals surface area contributed by atoms with Crippen LogP contribution < -0.4 is 4.74 Å². The number of furan rings is 1. The monoisotopic (exact) mass is 340 g/mol. The molecule has 2 aromatic heterocycles. The summed E-state index contributed by atoms with van der Waals surface area (Å²) in [6.45, 7) is 7.32. The molecule has 1 fully saturated rings. The fraction of sp³-hybridized carbons (Fsp3) is 0.450. The van der Waals surface area contributed by atoms with Crippen LogP contribution in [0.3, 0.4) is 0 Å². The van der Waals surface area contributed by atoms with Gasteiger partial charge in [-0.25, -0.2) is 4.98 Å². The fourth-order valence-corrected chi connectivity index (χ4v) is 3.43. The lowest BCUT2D eigenvalue weighted by atomic mass is 10.0. The molecule has 1 aromatic carbocycles. The lowest BCUT2D eigenvalue weighted by molar-refractivity contribution is 0.0320. The number of morpholine rings is 1. The number of fused-ring (bicyclic) bond motifs is 3. The normalized spacial score (nSPS) is 15.9. The highest BCUT2D eigenvalue weighted by Crippen LogP contribution is 2.30. The van der Waals surface area contributed by atoms with E-state index in [1.807, 2.05) is 24.5 Å². The Morgan fingerprint density at radius 1 is 1.16 bits per heavy atom. The van der Waals surface area contributed by atoms with Gasteiger partial charge in [0.2, 0.25) is 5.88 Å². The van der Waals surface area contributed by atoms with Gasteiger partial charge in [-0.05, 0) is 30.2 Å². The van der Waals surface area contributed by atoms with Crippen molar-refractivity contribution in [2.45, 2.75) is 19.8 Å². The maximum atomic E-state index is 5.87. The van der Waals surface area contributed by atoms with Crippen LogP contribution >= 0.6 is 0 Å². The summed E-state index contributed by atoms with van der Waals surface area (Å²) in [5.74, 6) is 0.681. The summed E-state index contributed by atoms with van der Waals surface area (Å²) in [5.41, 5.74) is 3.14. The van der Waals surface area contributed by atoms with E-state index in [-0.39, 0.29) is 0 Å². The molecule has 0 bridgehead atoms. The standard InChI is InChI=1S/C20H24N2O3/c1-2-3-15-14-25-18-6-5-17-16(20(15)18)4-7-19(21-17)24-13-10-22-8-11-23-12-9-22/h4-7,14H,2-3,8-13H2,1H3. The number of aryl methyl sites for hydroxylation is 1. The first kappa shape index (κ1) is 16.4. The Morgan fingerprint density at radius 2 is 2.04 bits per heavy atom. The Bertz CT molecular complexity index is 853. The molecule has 0 atom stereocenters. The molecule has 132 valence electrons. The van der Waals surface area contributed by atoms with Gasteiger partial charge in [0.05, 0.1) is 25.0 Å². The summed E-state index contributed by atoms with van der Waals surface area (Å²) in [6.07, 6.45) is 3.99. The third-order valence-corrected chi connectivity index (χ3v) is 4.74. The van der Waals surface area contributed by atoms with Crippen LogP contribution in [0.1, 0.15) is 18.9 Å². The number of rotatable bonds is 6. The van der Waals surface area contributed by atoms with Crippen molar-refractivity contribution in [1.82, 2.24) is 9.88 Å². The molecule has 0 unspecified atom stereocenters. The van der Waals surface area contributed by atoms with Gasteiger partial charge in [0.25, 0.3) is 0 Å². The molecule has 0 N–H and O–H groups in total. The molecule has 0 amide bonds. The fourth-order valence-electron chi connectivity index (χ4n) is 3.43. The molecule has 4 rings (SSSR count). The van der Waals surface area contributed by atoms with Crippen LogP contribution in [0.15, 0.2) is 34.9 Å². The number of benzene rings is 1. The Morgan fingerprint density at radius 3 is 2.88 bits per heavy atom. The Labute approximate surface area is 147 Å². The zero-order chi connectivity index (χ0) is 17.1. The molecule has 1 aliphatic heterocycles. The quantitative estimate of drug-likeness (QED) is 0.685. The molecule has 1 saturated heterocycles. The van der Waals surface area contributed by atoms with Gasteiger partial charge in [-0.3, -0.25) is 4.90 Å². The summed E-state index contributed by atoms with van der Waals surface area (Å²) in [4.78, 5) is 7.04. The number of hydrogen-bond acceptors (Lipinski definition) is 5. The molecular formula is C20H24N2O3. The molecule has 0 saturated carbocycles. The Hall–Kier alpha value is -2.11. The van der Waals surface area contributed by atoms with E-state index in [0.717, 1.165) is 62.2 Å². The Balaban J connectivity index is 1.51. The first-order valence-electron chi connectivity index (χ1n) is 9.08. The van der Waals surface area contributed by atoms with Gasteiger partial charge >= 0.3 is 0 Å². The molecule has 5 nitrogen and oxygen atoms in total. The van der Waals surface area contributed by atoms with Gasteiger partial charge in [0.15, 0.2) is 0 Å². The van der Waals surface area contributed by atoms with Crippen LogP contribution in [-0.4, -0.2) is 49.3 Å². The first-order valence-corrected chi connectivity index (χ1v) is 9.08. The van der Waals surface area contributed by atoms with Crippen molar-refractivity contribution in [3.8, 4) is 5.88 Å². The number of nitrogens with zero attached hydrogens (tertiary/aromatic N) is 2. The maximum Gasteiger partial charge on any atom is 0.213 e. The summed E-state index contributed by atoms with van der Waals surface area (Å²) in [6, 6.07) is 8.07. The highest BCUT2D eigenvalue weighted by atomic mass is 16.5. The van der Waals surface area contributed by atoms with Gasteiger partial charge in [0.1, 0.15) is 12.2 Å².